The highest BCUT2D eigenvalue weighted by Crippen LogP contribution is 2.72. The predicted octanol–water partition coefficient (Wildman–Crippen LogP) is 20.2. The summed E-state index contributed by atoms with van der Waals surface area (Å²) in [6.07, 6.45) is 30.9. The lowest BCUT2D eigenvalue weighted by atomic mass is 9.52. The number of carbonyl (C=O) groups excluding carboxylic acids is 10. The lowest BCUT2D eigenvalue weighted by Crippen LogP contribution is -2.61. The second-order valence-corrected chi connectivity index (χ2v) is 50.0. The summed E-state index contributed by atoms with van der Waals surface area (Å²) in [7, 11) is 0. The fraction of sp³-hybridized carbons (Fsp3) is 0.905. The molecular formula is C105H168O22. The summed E-state index contributed by atoms with van der Waals surface area (Å²) in [5.74, 6) is 6.13. The lowest BCUT2D eigenvalue weighted by Gasteiger charge is -2.59. The van der Waals surface area contributed by atoms with E-state index in [4.69, 9.17) is 47.4 Å². The second kappa shape index (κ2) is 36.1. The minimum atomic E-state index is -0.612. The van der Waals surface area contributed by atoms with E-state index in [1.54, 1.807) is 27.7 Å². The van der Waals surface area contributed by atoms with Crippen molar-refractivity contribution in [3.63, 3.8) is 0 Å². The summed E-state index contributed by atoms with van der Waals surface area (Å²) in [6.45, 7) is 50.8. The molecule has 2 N–H and O–H groups in total. The molecular weight excluding hydrogens is 1610 g/mol. The molecule has 2 saturated heterocycles. The zero-order valence-electron chi connectivity index (χ0n) is 83.1. The Bertz CT molecular complexity index is 3940. The number of esters is 10. The Morgan fingerprint density at radius 1 is 0.386 bits per heavy atom. The molecule has 0 spiro atoms. The molecule has 0 amide bonds. The van der Waals surface area contributed by atoms with Gasteiger partial charge in [0.05, 0.1) is 55.5 Å². The van der Waals surface area contributed by atoms with Gasteiger partial charge in [0, 0.05) is 47.8 Å². The van der Waals surface area contributed by atoms with Crippen molar-refractivity contribution < 1.29 is 106 Å². The first kappa shape index (κ1) is 101. The maximum absolute atomic E-state index is 12.7. The van der Waals surface area contributed by atoms with Gasteiger partial charge in [-0.2, -0.15) is 0 Å². The Kier molecular flexibility index (Phi) is 28.6. The van der Waals surface area contributed by atoms with Crippen LogP contribution in [0.3, 0.4) is 0 Å². The van der Waals surface area contributed by atoms with E-state index in [0.29, 0.717) is 67.6 Å². The normalized spacial score (nSPS) is 38.3. The molecule has 21 atom stereocenters. The maximum Gasteiger partial charge on any atom is 0.344 e. The van der Waals surface area contributed by atoms with Crippen molar-refractivity contribution in [1.82, 2.24) is 0 Å². The maximum atomic E-state index is 12.7. The van der Waals surface area contributed by atoms with E-state index in [9.17, 15) is 58.2 Å². The standard InChI is InChI=1S/C20H32O2.2C19H28O6.2C16H26O3.C15H28O2/c1-5-19(3,4)18(21)22-20(6-2)11-14-10-15(20)17-13-8-7-12(9-13)16(14)17;1-6-18(2,3)17(22)23-9-13(20)24-12-8-10-7-11(12)14-15(10)19(4,5)25-16(14)21;1-6-18(2,3)17(22)23-9-13(20)24-12-8-10-7-11(12)15-14(10)16(21)25-19(15,4)5;2*1-4-14(2,3)13(17)19-16-8-11-5-12(9-16)7-15(18,6-11)10-16;1-7-14(5,6)12(16)17-15(13(2,3)4)10-8-9-11-15/h12-17H,5-11H2,1-4H3;2*10-12,14-15H,6-9H2,1-5H3;2*11-12,18H,4-10H2,1-3H3;7-11H2,1-6H3. The van der Waals surface area contributed by atoms with Gasteiger partial charge < -0.3 is 57.6 Å². The van der Waals surface area contributed by atoms with E-state index in [0.717, 1.165) is 152 Å². The Morgan fingerprint density at radius 2 is 0.756 bits per heavy atom. The van der Waals surface area contributed by atoms with Crippen LogP contribution in [0.1, 0.15) is 385 Å². The molecule has 19 rings (SSSR count). The summed E-state index contributed by atoms with van der Waals surface area (Å²) in [6, 6.07) is 0. The van der Waals surface area contributed by atoms with Crippen LogP contribution in [0.25, 0.3) is 0 Å². The minimum Gasteiger partial charge on any atom is -0.460 e. The van der Waals surface area contributed by atoms with E-state index in [1.165, 1.54) is 51.4 Å². The van der Waals surface area contributed by atoms with Crippen LogP contribution in [-0.2, 0) is 95.3 Å². The minimum absolute atomic E-state index is 0.0241. The van der Waals surface area contributed by atoms with Gasteiger partial charge in [-0.25, -0.2) is 9.59 Å². The van der Waals surface area contributed by atoms with Gasteiger partial charge >= 0.3 is 59.7 Å². The molecule has 22 heteroatoms. The van der Waals surface area contributed by atoms with Gasteiger partial charge in [0.2, 0.25) is 0 Å². The molecule has 17 aliphatic carbocycles. The summed E-state index contributed by atoms with van der Waals surface area (Å²) in [5, 5.41) is 21.3. The molecule has 0 radical (unpaired) electrons. The Balaban J connectivity index is 0.000000139. The van der Waals surface area contributed by atoms with Crippen LogP contribution >= 0.6 is 0 Å². The Morgan fingerprint density at radius 3 is 1.17 bits per heavy atom. The van der Waals surface area contributed by atoms with Crippen molar-refractivity contribution in [1.29, 1.82) is 0 Å². The Hall–Kier alpha value is -5.38. The monoisotopic (exact) mass is 1780 g/mol. The molecule has 2 heterocycles. The molecule has 19 fully saturated rings. The third-order valence-electron chi connectivity index (χ3n) is 37.0. The number of hydrogen-bond acceptors (Lipinski definition) is 22. The molecule has 127 heavy (non-hydrogen) atoms. The topological polar surface area (TPSA) is 303 Å². The molecule has 17 saturated carbocycles. The molecule has 720 valence electrons. The van der Waals surface area contributed by atoms with Crippen molar-refractivity contribution in [2.45, 2.75) is 442 Å². The second-order valence-electron chi connectivity index (χ2n) is 50.0. The van der Waals surface area contributed by atoms with Gasteiger partial charge in [-0.3, -0.25) is 38.4 Å². The molecule has 16 bridgehead atoms. The molecule has 2 aliphatic heterocycles. The number of aliphatic hydroxyl groups is 2. The van der Waals surface area contributed by atoms with E-state index in [2.05, 4.69) is 34.6 Å². The number of carbonyl (C=O) groups is 10. The van der Waals surface area contributed by atoms with Crippen molar-refractivity contribution in [3.05, 3.63) is 0 Å². The van der Waals surface area contributed by atoms with Crippen molar-refractivity contribution in [3.8, 4) is 0 Å². The van der Waals surface area contributed by atoms with Gasteiger partial charge in [-0.1, -0.05) is 69.2 Å². The average Bonchev–Trinajstić information content (AvgIpc) is 1.70. The summed E-state index contributed by atoms with van der Waals surface area (Å²) in [5.41, 5.74) is -5.84. The first-order chi connectivity index (χ1) is 58.7. The fourth-order valence-electron chi connectivity index (χ4n) is 28.2. The summed E-state index contributed by atoms with van der Waals surface area (Å²) in [4.78, 5) is 122. The van der Waals surface area contributed by atoms with Gasteiger partial charge in [-0.15, -0.1) is 0 Å². The van der Waals surface area contributed by atoms with Crippen LogP contribution in [0.2, 0.25) is 0 Å². The highest BCUT2D eigenvalue weighted by molar-refractivity contribution is 5.82. The zero-order chi connectivity index (χ0) is 93.9. The highest BCUT2D eigenvalue weighted by Gasteiger charge is 2.71. The lowest BCUT2D eigenvalue weighted by molar-refractivity contribution is -0.226. The molecule has 19 aliphatic rings. The first-order valence-electron chi connectivity index (χ1n) is 50.3. The number of hydrogen-bond donors (Lipinski definition) is 2. The van der Waals surface area contributed by atoms with Gasteiger partial charge in [0.15, 0.2) is 13.2 Å². The van der Waals surface area contributed by atoms with Crippen LogP contribution in [-0.4, -0.2) is 140 Å². The smallest absolute Gasteiger partial charge is 0.344 e. The summed E-state index contributed by atoms with van der Waals surface area (Å²) >= 11 is 0. The van der Waals surface area contributed by atoms with E-state index >= 15 is 0 Å². The third kappa shape index (κ3) is 20.2. The molecule has 0 aromatic rings. The van der Waals surface area contributed by atoms with Gasteiger partial charge in [-0.05, 0) is 369 Å². The number of rotatable bonds is 23. The van der Waals surface area contributed by atoms with E-state index < -0.39 is 67.9 Å². The number of fused-ring (bicyclic) bond motifs is 19. The predicted molar refractivity (Wildman–Crippen MR) is 480 cm³/mol. The first-order valence-corrected chi connectivity index (χ1v) is 50.3. The number of ether oxygens (including phenoxy) is 10. The third-order valence-corrected chi connectivity index (χ3v) is 37.0. The molecule has 22 nitrogen and oxygen atoms in total. The largest absolute Gasteiger partial charge is 0.460 e. The SMILES string of the molecule is CCC(C)(C)C(=O)OC1(C(C)(C)C)CCCC1.CCC(C)(C)C(=O)OC1(CC)CC2CC1C1C3CCC(C3)C21.CCC(C)(C)C(=O)OC12CC3CC(CC(O)(C3)C1)C2.CCC(C)(C)C(=O)OC12CC3CC(CC(O)(C3)C1)C2.CCC(C)(C)C(=O)OCC(=O)OC1CC2CC1C1C(=O)OC(C)(C)C21.CCC(C)(C)C(=O)OCC(=O)OC1CC2CC1C1C2C(=O)OC1(C)C. The quantitative estimate of drug-likeness (QED) is 0.0545. The van der Waals surface area contributed by atoms with Gasteiger partial charge in [0.25, 0.3) is 0 Å². The van der Waals surface area contributed by atoms with E-state index in [-0.39, 0.29) is 141 Å². The van der Waals surface area contributed by atoms with Crippen LogP contribution in [0.4, 0.5) is 0 Å². The molecule has 0 aromatic carbocycles. The molecule has 0 aromatic heterocycles. The van der Waals surface area contributed by atoms with Crippen molar-refractivity contribution in [2.24, 2.45) is 144 Å². The Labute approximate surface area is 761 Å². The van der Waals surface area contributed by atoms with Crippen LogP contribution < -0.4 is 0 Å². The highest BCUT2D eigenvalue weighted by atomic mass is 16.6. The molecule has 21 unspecified atom stereocenters. The van der Waals surface area contributed by atoms with Crippen LogP contribution in [0.15, 0.2) is 0 Å². The van der Waals surface area contributed by atoms with Gasteiger partial charge in [0.1, 0.15) is 45.8 Å². The van der Waals surface area contributed by atoms with Crippen LogP contribution in [0, 0.1) is 144 Å². The summed E-state index contributed by atoms with van der Waals surface area (Å²) < 4.78 is 56.6. The van der Waals surface area contributed by atoms with E-state index in [1.807, 2.05) is 118 Å². The fourth-order valence-corrected chi connectivity index (χ4v) is 28.2. The van der Waals surface area contributed by atoms with Crippen LogP contribution in [0.5, 0.6) is 0 Å². The van der Waals surface area contributed by atoms with Crippen molar-refractivity contribution in [2.75, 3.05) is 13.2 Å². The number of cyclic esters (lactones) is 2. The average molecular weight is 1780 g/mol. The van der Waals surface area contributed by atoms with Crippen molar-refractivity contribution >= 4 is 59.7 Å². The zero-order valence-corrected chi connectivity index (χ0v) is 83.1.